The van der Waals surface area contributed by atoms with Crippen LogP contribution in [0.2, 0.25) is 0 Å². The summed E-state index contributed by atoms with van der Waals surface area (Å²) in [5, 5.41) is 0. The number of rotatable bonds is 42. The Labute approximate surface area is 337 Å². The van der Waals surface area contributed by atoms with Gasteiger partial charge in [0, 0.05) is 19.4 Å². The summed E-state index contributed by atoms with van der Waals surface area (Å²) in [6.45, 7) is 3.70. The van der Waals surface area contributed by atoms with Gasteiger partial charge in [-0.3, -0.25) is 18.6 Å². The quantitative estimate of drug-likeness (QED) is 0.0268. The summed E-state index contributed by atoms with van der Waals surface area (Å²) in [5.74, 6) is -0.847. The summed E-state index contributed by atoms with van der Waals surface area (Å²) in [7, 11) is -4.38. The Kier molecular flexibility index (Phi) is 40.5. The maximum Gasteiger partial charge on any atom is 0.472 e. The van der Waals surface area contributed by atoms with E-state index in [1.165, 1.54) is 116 Å². The number of carbonyl (C=O) groups excluding carboxylic acids is 2. The second-order valence-electron chi connectivity index (χ2n) is 14.9. The van der Waals surface area contributed by atoms with Gasteiger partial charge in [0.05, 0.1) is 13.2 Å². The lowest BCUT2D eigenvalue weighted by atomic mass is 10.0. The highest BCUT2D eigenvalue weighted by atomic mass is 31.2. The van der Waals surface area contributed by atoms with Crippen molar-refractivity contribution in [2.75, 3.05) is 26.4 Å². The van der Waals surface area contributed by atoms with Crippen LogP contribution in [0.1, 0.15) is 206 Å². The lowest BCUT2D eigenvalue weighted by molar-refractivity contribution is -0.161. The third-order valence-corrected chi connectivity index (χ3v) is 10.5. The van der Waals surface area contributed by atoms with Gasteiger partial charge < -0.3 is 20.1 Å². The van der Waals surface area contributed by atoms with Gasteiger partial charge in [-0.25, -0.2) is 4.57 Å². The van der Waals surface area contributed by atoms with Gasteiger partial charge in [0.1, 0.15) is 6.61 Å². The third-order valence-electron chi connectivity index (χ3n) is 9.53. The van der Waals surface area contributed by atoms with Gasteiger partial charge in [0.2, 0.25) is 0 Å². The molecule has 0 aliphatic heterocycles. The number of hydrogen-bond donors (Lipinski definition) is 2. The number of phosphoric acid groups is 1. The van der Waals surface area contributed by atoms with Crippen LogP contribution in [-0.2, 0) is 32.7 Å². The molecule has 1 unspecified atom stereocenters. The predicted molar refractivity (Wildman–Crippen MR) is 229 cm³/mol. The minimum Gasteiger partial charge on any atom is -0.462 e. The van der Waals surface area contributed by atoms with Crippen LogP contribution in [0, 0.1) is 0 Å². The summed E-state index contributed by atoms with van der Waals surface area (Å²) in [6.07, 6.45) is 46.0. The lowest BCUT2D eigenvalue weighted by Crippen LogP contribution is -2.29. The first-order chi connectivity index (χ1) is 26.8. The molecule has 0 heterocycles. The molecule has 3 N–H and O–H groups in total. The van der Waals surface area contributed by atoms with Crippen LogP contribution < -0.4 is 5.73 Å². The molecule has 0 bridgehead atoms. The number of ether oxygens (including phenoxy) is 2. The van der Waals surface area contributed by atoms with Crippen LogP contribution in [0.15, 0.2) is 36.5 Å². The summed E-state index contributed by atoms with van der Waals surface area (Å²) in [4.78, 5) is 34.9. The Hall–Kier alpha value is -1.77. The molecule has 0 rings (SSSR count). The van der Waals surface area contributed by atoms with Crippen molar-refractivity contribution in [1.82, 2.24) is 0 Å². The van der Waals surface area contributed by atoms with Gasteiger partial charge in [-0.05, 0) is 51.4 Å². The van der Waals surface area contributed by atoms with Crippen molar-refractivity contribution >= 4 is 19.8 Å². The normalized spacial score (nSPS) is 13.6. The van der Waals surface area contributed by atoms with Crippen LogP contribution in [-0.4, -0.2) is 49.3 Å². The highest BCUT2D eigenvalue weighted by Crippen LogP contribution is 2.43. The minimum atomic E-state index is -4.38. The molecule has 0 aliphatic rings. The number of nitrogens with two attached hydrogens (primary N) is 1. The van der Waals surface area contributed by atoms with Crippen LogP contribution in [0.3, 0.4) is 0 Å². The molecule has 0 aliphatic carbocycles. The molecule has 0 amide bonds. The van der Waals surface area contributed by atoms with E-state index in [9.17, 15) is 19.0 Å². The van der Waals surface area contributed by atoms with Crippen LogP contribution >= 0.6 is 7.82 Å². The fraction of sp³-hybridized carbons (Fsp3) is 0.822. The molecule has 9 nitrogen and oxygen atoms in total. The van der Waals surface area contributed by atoms with Crippen molar-refractivity contribution in [1.29, 1.82) is 0 Å². The Bertz CT molecular complexity index is 1000. The van der Waals surface area contributed by atoms with Crippen molar-refractivity contribution in [2.24, 2.45) is 5.73 Å². The lowest BCUT2D eigenvalue weighted by Gasteiger charge is -2.19. The molecule has 0 saturated heterocycles. The first-order valence-electron chi connectivity index (χ1n) is 22.5. The van der Waals surface area contributed by atoms with Gasteiger partial charge in [-0.15, -0.1) is 0 Å². The number of esters is 2. The average molecular weight is 798 g/mol. The van der Waals surface area contributed by atoms with E-state index < -0.39 is 26.5 Å². The molecular formula is C45H84NO8P. The minimum absolute atomic E-state index is 0.0499. The Morgan fingerprint density at radius 2 is 0.945 bits per heavy atom. The first kappa shape index (κ1) is 53.2. The molecule has 0 spiro atoms. The molecule has 0 fully saturated rings. The molecule has 0 aromatic rings. The molecule has 0 aromatic carbocycles. The summed E-state index contributed by atoms with van der Waals surface area (Å²) in [5.41, 5.74) is 5.35. The van der Waals surface area contributed by atoms with Gasteiger partial charge >= 0.3 is 19.8 Å². The Morgan fingerprint density at radius 1 is 0.545 bits per heavy atom. The van der Waals surface area contributed by atoms with Crippen molar-refractivity contribution in [3.8, 4) is 0 Å². The van der Waals surface area contributed by atoms with E-state index >= 15 is 0 Å². The van der Waals surface area contributed by atoms with Crippen molar-refractivity contribution in [3.05, 3.63) is 36.5 Å². The van der Waals surface area contributed by atoms with Gasteiger partial charge in [-0.2, -0.15) is 0 Å². The van der Waals surface area contributed by atoms with E-state index in [0.29, 0.717) is 6.42 Å². The number of carbonyl (C=O) groups is 2. The summed E-state index contributed by atoms with van der Waals surface area (Å²) >= 11 is 0. The first-order valence-corrected chi connectivity index (χ1v) is 24.0. The number of hydrogen-bond acceptors (Lipinski definition) is 8. The zero-order valence-corrected chi connectivity index (χ0v) is 36.3. The van der Waals surface area contributed by atoms with E-state index in [-0.39, 0.29) is 38.6 Å². The molecule has 2 atom stereocenters. The molecule has 0 saturated carbocycles. The maximum atomic E-state index is 12.6. The molecule has 0 radical (unpaired) electrons. The van der Waals surface area contributed by atoms with E-state index in [0.717, 1.165) is 57.8 Å². The molecule has 322 valence electrons. The van der Waals surface area contributed by atoms with E-state index in [1.807, 2.05) is 0 Å². The second-order valence-corrected chi connectivity index (χ2v) is 16.4. The van der Waals surface area contributed by atoms with Crippen LogP contribution in [0.25, 0.3) is 0 Å². The number of allylic oxidation sites excluding steroid dienone is 6. The summed E-state index contributed by atoms with van der Waals surface area (Å²) in [6, 6.07) is 0. The van der Waals surface area contributed by atoms with E-state index in [1.54, 1.807) is 0 Å². The van der Waals surface area contributed by atoms with Crippen molar-refractivity contribution in [3.63, 3.8) is 0 Å². The number of unbranched alkanes of at least 4 members (excludes halogenated alkanes) is 23. The van der Waals surface area contributed by atoms with E-state index in [4.69, 9.17) is 24.3 Å². The van der Waals surface area contributed by atoms with E-state index in [2.05, 4.69) is 50.3 Å². The average Bonchev–Trinajstić information content (AvgIpc) is 3.17. The van der Waals surface area contributed by atoms with Gasteiger partial charge in [0.25, 0.3) is 0 Å². The molecular weight excluding hydrogens is 713 g/mol. The fourth-order valence-corrected chi connectivity index (χ4v) is 6.94. The van der Waals surface area contributed by atoms with Gasteiger partial charge in [-0.1, -0.05) is 179 Å². The van der Waals surface area contributed by atoms with Crippen LogP contribution in [0.5, 0.6) is 0 Å². The topological polar surface area (TPSA) is 134 Å². The monoisotopic (exact) mass is 798 g/mol. The highest BCUT2D eigenvalue weighted by molar-refractivity contribution is 7.47. The maximum absolute atomic E-state index is 12.6. The highest BCUT2D eigenvalue weighted by Gasteiger charge is 2.26. The predicted octanol–water partition coefficient (Wildman–Crippen LogP) is 12.9. The zero-order valence-electron chi connectivity index (χ0n) is 35.4. The van der Waals surface area contributed by atoms with Crippen molar-refractivity contribution in [2.45, 2.75) is 213 Å². The number of phosphoric ester groups is 1. The van der Waals surface area contributed by atoms with Crippen molar-refractivity contribution < 1.29 is 37.6 Å². The molecule has 55 heavy (non-hydrogen) atoms. The third kappa shape index (κ3) is 41.7. The zero-order chi connectivity index (χ0) is 40.3. The fourth-order valence-electron chi connectivity index (χ4n) is 6.17. The Morgan fingerprint density at radius 3 is 1.44 bits per heavy atom. The SMILES string of the molecule is CCCCC/C=C/C/C=C/C/C=C/CCCCCCC(=O)O[C@H](COC(=O)CCCCCCCCCCCCCCCCCCC)COP(=O)(O)OCCN. The largest absolute Gasteiger partial charge is 0.472 e. The second kappa shape index (κ2) is 41.9. The Balaban J connectivity index is 4.16. The van der Waals surface area contributed by atoms with Crippen LogP contribution in [0.4, 0.5) is 0 Å². The molecule has 10 heteroatoms. The standard InChI is InChI=1S/C45H84NO8P/c1-3-5-7-9-11-13-15-17-19-21-23-25-27-29-31-33-35-37-44(47)51-41-43(42-53-55(49,50)52-40-39-46)54-45(48)38-36-34-32-30-28-26-24-22-20-18-16-14-12-10-8-6-4-2/h12,14,18,20,24,26,43H,3-11,13,15-17,19,21-23,25,27-42,46H2,1-2H3,(H,49,50)/b14-12+,20-18+,26-24+/t43-/m1/s1. The smallest absolute Gasteiger partial charge is 0.462 e. The summed E-state index contributed by atoms with van der Waals surface area (Å²) < 4.78 is 32.8. The van der Waals surface area contributed by atoms with Gasteiger partial charge in [0.15, 0.2) is 6.10 Å². The molecule has 0 aromatic heterocycles.